The van der Waals surface area contributed by atoms with Crippen molar-refractivity contribution in [3.63, 3.8) is 0 Å². The molecule has 0 aromatic heterocycles. The van der Waals surface area contributed by atoms with Crippen LogP contribution in [0.5, 0.6) is 0 Å². The molecule has 0 aliphatic heterocycles. The van der Waals surface area contributed by atoms with Gasteiger partial charge in [0.1, 0.15) is 0 Å². The zero-order valence-electron chi connectivity index (χ0n) is 7.84. The van der Waals surface area contributed by atoms with Crippen molar-refractivity contribution >= 4 is 15.7 Å². The zero-order valence-corrected chi connectivity index (χ0v) is 9.26. The van der Waals surface area contributed by atoms with Gasteiger partial charge >= 0.3 is 5.97 Å². The quantitative estimate of drug-likeness (QED) is 0.344. The van der Waals surface area contributed by atoms with Gasteiger partial charge in [0.2, 0.25) is 9.76 Å². The molecule has 0 rings (SSSR count). The molecular weight excluding hydrogens is 168 g/mol. The predicted molar refractivity (Wildman–Crippen MR) is 53.8 cm³/mol. The van der Waals surface area contributed by atoms with Crippen LogP contribution in [-0.4, -0.2) is 15.7 Å². The van der Waals surface area contributed by atoms with E-state index in [0.717, 1.165) is 6.04 Å². The highest BCUT2D eigenvalue weighted by Gasteiger charge is 1.95. The van der Waals surface area contributed by atoms with Crippen molar-refractivity contribution in [2.45, 2.75) is 38.7 Å². The Balaban J connectivity index is 3.00. The van der Waals surface area contributed by atoms with Gasteiger partial charge < -0.3 is 4.43 Å². The van der Waals surface area contributed by atoms with Gasteiger partial charge in [0.15, 0.2) is 0 Å². The highest BCUT2D eigenvalue weighted by Crippen LogP contribution is 2.02. The molecule has 0 bridgehead atoms. The predicted octanol–water partition coefficient (Wildman–Crippen LogP) is 1.80. The Bertz CT molecular complexity index is 134. The highest BCUT2D eigenvalue weighted by molar-refractivity contribution is 6.30. The van der Waals surface area contributed by atoms with Gasteiger partial charge in [-0.2, -0.15) is 0 Å². The lowest BCUT2D eigenvalue weighted by molar-refractivity contribution is -0.128. The molecule has 0 aromatic carbocycles. The van der Waals surface area contributed by atoms with Crippen molar-refractivity contribution in [2.75, 3.05) is 0 Å². The maximum Gasteiger partial charge on any atom is 0.316 e. The molecule has 0 saturated carbocycles. The van der Waals surface area contributed by atoms with E-state index in [-0.39, 0.29) is 5.97 Å². The number of hydrogen-bond acceptors (Lipinski definition) is 2. The minimum absolute atomic E-state index is 0.253. The molecule has 3 heteroatoms. The van der Waals surface area contributed by atoms with Crippen molar-refractivity contribution in [1.82, 2.24) is 0 Å². The van der Waals surface area contributed by atoms with Gasteiger partial charge in [0.25, 0.3) is 0 Å². The second-order valence-electron chi connectivity index (χ2n) is 2.79. The summed E-state index contributed by atoms with van der Waals surface area (Å²) >= 11 is 0. The van der Waals surface area contributed by atoms with Crippen LogP contribution in [0.25, 0.3) is 0 Å². The fourth-order valence-electron chi connectivity index (χ4n) is 0.937. The molecule has 0 aromatic rings. The van der Waals surface area contributed by atoms with Crippen molar-refractivity contribution in [3.05, 3.63) is 12.7 Å². The second-order valence-corrected chi connectivity index (χ2v) is 4.19. The molecule has 0 aliphatic carbocycles. The van der Waals surface area contributed by atoms with Gasteiger partial charge in [-0.25, -0.2) is 4.79 Å². The van der Waals surface area contributed by atoms with Gasteiger partial charge in [0.05, 0.1) is 0 Å². The van der Waals surface area contributed by atoms with E-state index in [1.165, 1.54) is 31.8 Å². The molecule has 0 amide bonds. The van der Waals surface area contributed by atoms with Gasteiger partial charge in [-0.3, -0.25) is 0 Å². The molecule has 0 spiro atoms. The smallest absolute Gasteiger partial charge is 0.316 e. The molecule has 0 atom stereocenters. The van der Waals surface area contributed by atoms with Crippen LogP contribution in [0.4, 0.5) is 0 Å². The van der Waals surface area contributed by atoms with E-state index >= 15 is 0 Å². The van der Waals surface area contributed by atoms with Crippen LogP contribution < -0.4 is 0 Å². The van der Waals surface area contributed by atoms with Crippen molar-refractivity contribution in [2.24, 2.45) is 0 Å². The molecule has 0 N–H and O–H groups in total. The lowest BCUT2D eigenvalue weighted by Crippen LogP contribution is -2.04. The SMILES string of the molecule is C=CC(=O)O[SiH2]CCCCCC. The molecule has 0 fully saturated rings. The van der Waals surface area contributed by atoms with E-state index in [2.05, 4.69) is 13.5 Å². The minimum atomic E-state index is -0.596. The monoisotopic (exact) mass is 186 g/mol. The molecule has 0 saturated heterocycles. The maximum atomic E-state index is 10.6. The summed E-state index contributed by atoms with van der Waals surface area (Å²) in [5.41, 5.74) is 0. The number of hydrogen-bond donors (Lipinski definition) is 0. The maximum absolute atomic E-state index is 10.6. The van der Waals surface area contributed by atoms with Crippen molar-refractivity contribution in [3.8, 4) is 0 Å². The molecule has 0 unspecified atom stereocenters. The summed E-state index contributed by atoms with van der Waals surface area (Å²) < 4.78 is 4.95. The Morgan fingerprint density at radius 2 is 2.25 bits per heavy atom. The largest absolute Gasteiger partial charge is 0.522 e. The number of carbonyl (C=O) groups excluding carboxylic acids is 1. The van der Waals surface area contributed by atoms with E-state index in [0.29, 0.717) is 0 Å². The van der Waals surface area contributed by atoms with Crippen LogP contribution in [-0.2, 0) is 9.22 Å². The van der Waals surface area contributed by atoms with Gasteiger partial charge in [0, 0.05) is 6.08 Å². The number of unbranched alkanes of at least 4 members (excludes halogenated alkanes) is 3. The summed E-state index contributed by atoms with van der Waals surface area (Å²) in [5.74, 6) is -0.253. The Morgan fingerprint density at radius 1 is 1.50 bits per heavy atom. The Morgan fingerprint density at radius 3 is 2.83 bits per heavy atom. The fraction of sp³-hybridized carbons (Fsp3) is 0.667. The first kappa shape index (κ1) is 11.4. The van der Waals surface area contributed by atoms with E-state index < -0.39 is 9.76 Å². The molecule has 12 heavy (non-hydrogen) atoms. The van der Waals surface area contributed by atoms with Crippen molar-refractivity contribution < 1.29 is 9.22 Å². The Hall–Kier alpha value is -0.573. The first-order valence-electron chi connectivity index (χ1n) is 4.60. The Kier molecular flexibility index (Phi) is 8.12. The Labute approximate surface area is 76.9 Å². The standard InChI is InChI=1S/C9H18O2Si/c1-3-5-6-7-8-12-11-9(10)4-2/h4H,2-3,5-8,12H2,1H3. The second kappa shape index (κ2) is 8.52. The van der Waals surface area contributed by atoms with Crippen LogP contribution in [0.2, 0.25) is 6.04 Å². The van der Waals surface area contributed by atoms with E-state index in [4.69, 9.17) is 4.43 Å². The first-order chi connectivity index (χ1) is 5.81. The third-order valence-electron chi connectivity index (χ3n) is 1.66. The third kappa shape index (κ3) is 7.53. The summed E-state index contributed by atoms with van der Waals surface area (Å²) in [6.45, 7) is 5.53. The molecule has 70 valence electrons. The molecular formula is C9H18O2Si. The molecule has 0 radical (unpaired) electrons. The average Bonchev–Trinajstić information content (AvgIpc) is 2.10. The summed E-state index contributed by atoms with van der Waals surface area (Å²) in [5, 5.41) is 0. The van der Waals surface area contributed by atoms with E-state index in [1.54, 1.807) is 0 Å². The van der Waals surface area contributed by atoms with Gasteiger partial charge in [-0.15, -0.1) is 0 Å². The highest BCUT2D eigenvalue weighted by atomic mass is 28.2. The number of carbonyl (C=O) groups is 1. The summed E-state index contributed by atoms with van der Waals surface area (Å²) in [4.78, 5) is 10.6. The summed E-state index contributed by atoms with van der Waals surface area (Å²) in [6, 6.07) is 1.11. The zero-order chi connectivity index (χ0) is 9.23. The molecule has 0 heterocycles. The topological polar surface area (TPSA) is 26.3 Å². The van der Waals surface area contributed by atoms with Crippen LogP contribution >= 0.6 is 0 Å². The van der Waals surface area contributed by atoms with Crippen LogP contribution in [0.1, 0.15) is 32.6 Å². The average molecular weight is 186 g/mol. The summed E-state index contributed by atoms with van der Waals surface area (Å²) in [7, 11) is -0.596. The van der Waals surface area contributed by atoms with Crippen molar-refractivity contribution in [1.29, 1.82) is 0 Å². The molecule has 2 nitrogen and oxygen atoms in total. The lowest BCUT2D eigenvalue weighted by Gasteiger charge is -2.00. The normalized spacial score (nSPS) is 10.4. The fourth-order valence-corrected chi connectivity index (χ4v) is 1.96. The summed E-state index contributed by atoms with van der Waals surface area (Å²) in [6.07, 6.45) is 6.27. The molecule has 0 aliphatic rings. The van der Waals surface area contributed by atoms with E-state index in [1.807, 2.05) is 0 Å². The van der Waals surface area contributed by atoms with Gasteiger partial charge in [-0.05, 0) is 6.04 Å². The van der Waals surface area contributed by atoms with Crippen LogP contribution in [0.15, 0.2) is 12.7 Å². The van der Waals surface area contributed by atoms with Crippen LogP contribution in [0.3, 0.4) is 0 Å². The third-order valence-corrected chi connectivity index (χ3v) is 2.94. The van der Waals surface area contributed by atoms with Gasteiger partial charge in [-0.1, -0.05) is 39.2 Å². The first-order valence-corrected chi connectivity index (χ1v) is 6.18. The van der Waals surface area contributed by atoms with E-state index in [9.17, 15) is 4.79 Å². The van der Waals surface area contributed by atoms with Crippen LogP contribution in [0, 0.1) is 0 Å². The number of rotatable bonds is 7. The minimum Gasteiger partial charge on any atom is -0.522 e. The lowest BCUT2D eigenvalue weighted by atomic mass is 10.2.